The maximum Gasteiger partial charge on any atom is 0.223 e. The predicted molar refractivity (Wildman–Crippen MR) is 71.1 cm³/mol. The van der Waals surface area contributed by atoms with Gasteiger partial charge in [0.25, 0.3) is 0 Å². The number of amides is 1. The number of aliphatic hydroxyl groups excluding tert-OH is 1. The van der Waals surface area contributed by atoms with E-state index in [-0.39, 0.29) is 5.91 Å². The quantitative estimate of drug-likeness (QED) is 0.912. The van der Waals surface area contributed by atoms with Crippen LogP contribution in [0.2, 0.25) is 0 Å². The van der Waals surface area contributed by atoms with Crippen molar-refractivity contribution in [1.82, 2.24) is 0 Å². The zero-order valence-corrected chi connectivity index (χ0v) is 11.6. The SMILES string of the molecule is CC[C@@H](O)c1cc2c(cc1Br)CCN2C(C)=O. The number of hydrogen-bond acceptors (Lipinski definition) is 2. The predicted octanol–water partition coefficient (Wildman–Crippen LogP) is 2.80. The highest BCUT2D eigenvalue weighted by Gasteiger charge is 2.24. The molecule has 1 amide bonds. The number of nitrogens with zero attached hydrogens (tertiary/aromatic N) is 1. The van der Waals surface area contributed by atoms with Crippen molar-refractivity contribution < 1.29 is 9.90 Å². The summed E-state index contributed by atoms with van der Waals surface area (Å²) in [6.07, 6.45) is 1.07. The van der Waals surface area contributed by atoms with Gasteiger partial charge in [-0.1, -0.05) is 22.9 Å². The van der Waals surface area contributed by atoms with Crippen LogP contribution in [0.15, 0.2) is 16.6 Å². The summed E-state index contributed by atoms with van der Waals surface area (Å²) in [6, 6.07) is 3.95. The van der Waals surface area contributed by atoms with Gasteiger partial charge in [0.15, 0.2) is 0 Å². The van der Waals surface area contributed by atoms with E-state index in [1.54, 1.807) is 11.8 Å². The molecule has 1 N–H and O–H groups in total. The monoisotopic (exact) mass is 297 g/mol. The van der Waals surface area contributed by atoms with E-state index in [0.29, 0.717) is 6.42 Å². The van der Waals surface area contributed by atoms with E-state index in [9.17, 15) is 9.90 Å². The summed E-state index contributed by atoms with van der Waals surface area (Å²) in [5.41, 5.74) is 2.97. The van der Waals surface area contributed by atoms with Gasteiger partial charge >= 0.3 is 0 Å². The van der Waals surface area contributed by atoms with Gasteiger partial charge in [0, 0.05) is 23.6 Å². The summed E-state index contributed by atoms with van der Waals surface area (Å²) >= 11 is 3.48. The van der Waals surface area contributed by atoms with Gasteiger partial charge in [0.05, 0.1) is 6.10 Å². The molecule has 0 unspecified atom stereocenters. The molecule has 1 aromatic carbocycles. The highest BCUT2D eigenvalue weighted by molar-refractivity contribution is 9.10. The summed E-state index contributed by atoms with van der Waals surface area (Å²) in [6.45, 7) is 4.25. The Morgan fingerprint density at radius 1 is 1.59 bits per heavy atom. The molecular weight excluding hydrogens is 282 g/mol. The Morgan fingerprint density at radius 3 is 2.88 bits per heavy atom. The fourth-order valence-electron chi connectivity index (χ4n) is 2.23. The van der Waals surface area contributed by atoms with Gasteiger partial charge in [-0.2, -0.15) is 0 Å². The molecule has 1 aliphatic heterocycles. The fourth-order valence-corrected chi connectivity index (χ4v) is 2.88. The number of aliphatic hydroxyl groups is 1. The number of carbonyl (C=O) groups is 1. The summed E-state index contributed by atoms with van der Waals surface area (Å²) in [5, 5.41) is 9.93. The van der Waals surface area contributed by atoms with E-state index in [1.165, 1.54) is 5.56 Å². The second-order valence-electron chi connectivity index (χ2n) is 4.35. The lowest BCUT2D eigenvalue weighted by Gasteiger charge is -2.18. The van der Waals surface area contributed by atoms with E-state index in [2.05, 4.69) is 15.9 Å². The second kappa shape index (κ2) is 4.78. The van der Waals surface area contributed by atoms with Gasteiger partial charge in [-0.3, -0.25) is 4.79 Å². The van der Waals surface area contributed by atoms with E-state index in [1.807, 2.05) is 19.1 Å². The number of halogens is 1. The lowest BCUT2D eigenvalue weighted by atomic mass is 10.0. The molecular formula is C13H16BrNO2. The zero-order valence-electron chi connectivity index (χ0n) is 10.0. The standard InChI is InChI=1S/C13H16BrNO2/c1-3-13(17)10-7-12-9(6-11(10)14)4-5-15(12)8(2)16/h6-7,13,17H,3-5H2,1-2H3/t13-/m1/s1. The number of anilines is 1. The van der Waals surface area contributed by atoms with Crippen LogP contribution in [0.25, 0.3) is 0 Å². The number of fused-ring (bicyclic) bond motifs is 1. The first-order chi connectivity index (χ1) is 8.04. The highest BCUT2D eigenvalue weighted by Crippen LogP contribution is 2.36. The van der Waals surface area contributed by atoms with Crippen molar-refractivity contribution in [2.24, 2.45) is 0 Å². The molecule has 0 saturated carbocycles. The summed E-state index contributed by atoms with van der Waals surface area (Å²) in [7, 11) is 0. The first-order valence-electron chi connectivity index (χ1n) is 5.83. The first-order valence-corrected chi connectivity index (χ1v) is 6.62. The van der Waals surface area contributed by atoms with Crippen LogP contribution in [0.4, 0.5) is 5.69 Å². The largest absolute Gasteiger partial charge is 0.388 e. The lowest BCUT2D eigenvalue weighted by molar-refractivity contribution is -0.116. The molecule has 1 heterocycles. The van der Waals surface area contributed by atoms with Gasteiger partial charge < -0.3 is 10.0 Å². The van der Waals surface area contributed by atoms with Crippen molar-refractivity contribution in [1.29, 1.82) is 0 Å². The van der Waals surface area contributed by atoms with Crippen molar-refractivity contribution in [3.05, 3.63) is 27.7 Å². The molecule has 1 aromatic rings. The first kappa shape index (κ1) is 12.6. The topological polar surface area (TPSA) is 40.5 Å². The maximum absolute atomic E-state index is 11.5. The molecule has 0 aliphatic carbocycles. The van der Waals surface area contributed by atoms with Crippen molar-refractivity contribution >= 4 is 27.5 Å². The molecule has 0 spiro atoms. The molecule has 3 nitrogen and oxygen atoms in total. The molecule has 0 saturated heterocycles. The molecule has 2 rings (SSSR count). The molecule has 1 atom stereocenters. The summed E-state index contributed by atoms with van der Waals surface area (Å²) < 4.78 is 0.927. The Bertz CT molecular complexity index is 459. The molecule has 4 heteroatoms. The zero-order chi connectivity index (χ0) is 12.6. The number of rotatable bonds is 2. The van der Waals surface area contributed by atoms with Crippen LogP contribution in [-0.4, -0.2) is 17.6 Å². The van der Waals surface area contributed by atoms with Crippen LogP contribution in [0, 0.1) is 0 Å². The Hall–Kier alpha value is -0.870. The smallest absolute Gasteiger partial charge is 0.223 e. The van der Waals surface area contributed by atoms with Crippen LogP contribution in [0.5, 0.6) is 0 Å². The molecule has 1 aliphatic rings. The molecule has 17 heavy (non-hydrogen) atoms. The minimum atomic E-state index is -0.482. The van der Waals surface area contributed by atoms with Crippen LogP contribution >= 0.6 is 15.9 Å². The van der Waals surface area contributed by atoms with E-state index >= 15 is 0 Å². The minimum absolute atomic E-state index is 0.0583. The van der Waals surface area contributed by atoms with Gasteiger partial charge in [-0.25, -0.2) is 0 Å². The maximum atomic E-state index is 11.5. The Kier molecular flexibility index (Phi) is 3.54. The second-order valence-corrected chi connectivity index (χ2v) is 5.20. The Balaban J connectivity index is 2.47. The number of benzene rings is 1. The average Bonchev–Trinajstić information content (AvgIpc) is 2.69. The van der Waals surface area contributed by atoms with Crippen molar-refractivity contribution in [3.8, 4) is 0 Å². The molecule has 0 fully saturated rings. The highest BCUT2D eigenvalue weighted by atomic mass is 79.9. The third-order valence-corrected chi connectivity index (χ3v) is 3.91. The third-order valence-electron chi connectivity index (χ3n) is 3.22. The van der Waals surface area contributed by atoms with Gasteiger partial charge in [0.1, 0.15) is 0 Å². The van der Waals surface area contributed by atoms with Crippen LogP contribution in [0.3, 0.4) is 0 Å². The van der Waals surface area contributed by atoms with Crippen molar-refractivity contribution in [2.45, 2.75) is 32.8 Å². The fraction of sp³-hybridized carbons (Fsp3) is 0.462. The van der Waals surface area contributed by atoms with Gasteiger partial charge in [0.2, 0.25) is 5.91 Å². The van der Waals surface area contributed by atoms with Crippen LogP contribution < -0.4 is 4.90 Å². The van der Waals surface area contributed by atoms with Gasteiger partial charge in [-0.15, -0.1) is 0 Å². The molecule has 92 valence electrons. The van der Waals surface area contributed by atoms with Crippen molar-refractivity contribution in [3.63, 3.8) is 0 Å². The molecule has 0 aromatic heterocycles. The van der Waals surface area contributed by atoms with Crippen molar-refractivity contribution in [2.75, 3.05) is 11.4 Å². The lowest BCUT2D eigenvalue weighted by Crippen LogP contribution is -2.25. The normalized spacial score (nSPS) is 15.9. The number of hydrogen-bond donors (Lipinski definition) is 1. The molecule has 0 radical (unpaired) electrons. The van der Waals surface area contributed by atoms with Crippen LogP contribution in [-0.2, 0) is 11.2 Å². The Morgan fingerprint density at radius 2 is 2.29 bits per heavy atom. The average molecular weight is 298 g/mol. The number of carbonyl (C=O) groups excluding carboxylic acids is 1. The third kappa shape index (κ3) is 2.24. The summed E-state index contributed by atoms with van der Waals surface area (Å²) in [4.78, 5) is 13.3. The Labute approximate surface area is 110 Å². The summed E-state index contributed by atoms with van der Waals surface area (Å²) in [5.74, 6) is 0.0583. The minimum Gasteiger partial charge on any atom is -0.388 e. The van der Waals surface area contributed by atoms with E-state index < -0.39 is 6.10 Å². The van der Waals surface area contributed by atoms with Crippen LogP contribution in [0.1, 0.15) is 37.5 Å². The van der Waals surface area contributed by atoms with E-state index in [4.69, 9.17) is 0 Å². The molecule has 0 bridgehead atoms. The van der Waals surface area contributed by atoms with Gasteiger partial charge in [-0.05, 0) is 36.1 Å². The van der Waals surface area contributed by atoms with E-state index in [0.717, 1.165) is 28.7 Å².